The molecule has 1 aromatic heterocycles. The summed E-state index contributed by atoms with van der Waals surface area (Å²) in [5, 5.41) is 7.55. The van der Waals surface area contributed by atoms with Crippen molar-refractivity contribution in [2.45, 2.75) is 18.8 Å². The molecule has 0 saturated carbocycles. The predicted molar refractivity (Wildman–Crippen MR) is 66.8 cm³/mol. The molecule has 1 aromatic carbocycles. The van der Waals surface area contributed by atoms with Crippen molar-refractivity contribution >= 4 is 0 Å². The van der Waals surface area contributed by atoms with Crippen LogP contribution in [-0.4, -0.2) is 18.2 Å². The van der Waals surface area contributed by atoms with Crippen LogP contribution >= 0.6 is 0 Å². The van der Waals surface area contributed by atoms with Crippen LogP contribution in [0.3, 0.4) is 0 Å². The Morgan fingerprint density at radius 1 is 1.24 bits per heavy atom. The first kappa shape index (κ1) is 10.5. The van der Waals surface area contributed by atoms with Gasteiger partial charge in [-0.3, -0.25) is 0 Å². The minimum absolute atomic E-state index is 0.480. The van der Waals surface area contributed by atoms with Gasteiger partial charge in [0, 0.05) is 24.1 Å². The van der Waals surface area contributed by atoms with E-state index in [4.69, 9.17) is 4.52 Å². The van der Waals surface area contributed by atoms with Gasteiger partial charge in [0.2, 0.25) is 0 Å². The van der Waals surface area contributed by atoms with Gasteiger partial charge in [-0.1, -0.05) is 35.5 Å². The second kappa shape index (κ2) is 4.72. The highest BCUT2D eigenvalue weighted by Crippen LogP contribution is 2.27. The number of benzene rings is 1. The van der Waals surface area contributed by atoms with Crippen molar-refractivity contribution in [2.75, 3.05) is 13.1 Å². The van der Waals surface area contributed by atoms with Crippen molar-refractivity contribution in [3.05, 3.63) is 42.2 Å². The lowest BCUT2D eigenvalue weighted by Crippen LogP contribution is -2.28. The molecular weight excluding hydrogens is 212 g/mol. The molecule has 0 amide bonds. The average Bonchev–Trinajstić information content (AvgIpc) is 2.90. The van der Waals surface area contributed by atoms with Crippen LogP contribution in [0.4, 0.5) is 0 Å². The van der Waals surface area contributed by atoms with Gasteiger partial charge in [-0.25, -0.2) is 0 Å². The highest BCUT2D eigenvalue weighted by molar-refractivity contribution is 5.58. The van der Waals surface area contributed by atoms with Crippen LogP contribution in [0, 0.1) is 0 Å². The summed E-state index contributed by atoms with van der Waals surface area (Å²) in [4.78, 5) is 0. The Morgan fingerprint density at radius 3 is 2.88 bits per heavy atom. The molecule has 1 unspecified atom stereocenters. The van der Waals surface area contributed by atoms with Gasteiger partial charge in [-0.05, 0) is 19.4 Å². The molecule has 1 N–H and O–H groups in total. The van der Waals surface area contributed by atoms with Crippen molar-refractivity contribution in [1.82, 2.24) is 10.5 Å². The maximum Gasteiger partial charge on any atom is 0.141 e. The van der Waals surface area contributed by atoms with E-state index < -0.39 is 0 Å². The Kier molecular flexibility index (Phi) is 2.92. The Hall–Kier alpha value is -1.61. The van der Waals surface area contributed by atoms with E-state index in [2.05, 4.69) is 28.7 Å². The molecule has 88 valence electrons. The van der Waals surface area contributed by atoms with E-state index in [1.807, 2.05) is 18.2 Å². The first-order chi connectivity index (χ1) is 8.43. The van der Waals surface area contributed by atoms with Gasteiger partial charge in [0.1, 0.15) is 11.5 Å². The largest absolute Gasteiger partial charge is 0.360 e. The highest BCUT2D eigenvalue weighted by Gasteiger charge is 2.19. The number of hydrogen-bond donors (Lipinski definition) is 1. The van der Waals surface area contributed by atoms with Gasteiger partial charge in [0.25, 0.3) is 0 Å². The molecule has 0 bridgehead atoms. The lowest BCUT2D eigenvalue weighted by Gasteiger charge is -2.19. The maximum absolute atomic E-state index is 5.47. The fourth-order valence-corrected chi connectivity index (χ4v) is 2.32. The van der Waals surface area contributed by atoms with Crippen LogP contribution in [0.15, 0.2) is 40.9 Å². The molecule has 3 heteroatoms. The van der Waals surface area contributed by atoms with Crippen molar-refractivity contribution in [3.63, 3.8) is 0 Å². The molecule has 0 spiro atoms. The van der Waals surface area contributed by atoms with Crippen LogP contribution in [0.25, 0.3) is 11.3 Å². The lowest BCUT2D eigenvalue weighted by atomic mass is 9.96. The minimum atomic E-state index is 0.480. The Morgan fingerprint density at radius 2 is 2.12 bits per heavy atom. The Balaban J connectivity index is 1.83. The summed E-state index contributed by atoms with van der Waals surface area (Å²) in [6.07, 6.45) is 2.41. The van der Waals surface area contributed by atoms with Gasteiger partial charge in [0.15, 0.2) is 0 Å². The molecule has 1 fully saturated rings. The number of nitrogens with zero attached hydrogens (tertiary/aromatic N) is 1. The summed E-state index contributed by atoms with van der Waals surface area (Å²) in [5.41, 5.74) is 2.05. The number of hydrogen-bond acceptors (Lipinski definition) is 3. The van der Waals surface area contributed by atoms with Gasteiger partial charge in [-0.2, -0.15) is 0 Å². The van der Waals surface area contributed by atoms with E-state index in [0.29, 0.717) is 5.92 Å². The average molecular weight is 228 g/mol. The maximum atomic E-state index is 5.47. The zero-order chi connectivity index (χ0) is 11.5. The molecule has 3 rings (SSSR count). The molecule has 1 aliphatic rings. The molecule has 1 saturated heterocycles. The Bertz CT molecular complexity index is 472. The standard InChI is InChI=1S/C14H16N2O/c1-2-5-11(6-3-1)13-9-14(17-16-13)12-7-4-8-15-10-12/h1-3,5-6,9,12,15H,4,7-8,10H2. The zero-order valence-electron chi connectivity index (χ0n) is 9.73. The smallest absolute Gasteiger partial charge is 0.141 e. The predicted octanol–water partition coefficient (Wildman–Crippen LogP) is 2.81. The quantitative estimate of drug-likeness (QED) is 0.859. The summed E-state index contributed by atoms with van der Waals surface area (Å²) in [6, 6.07) is 12.2. The van der Waals surface area contributed by atoms with Crippen LogP contribution in [0.5, 0.6) is 0 Å². The molecule has 17 heavy (non-hydrogen) atoms. The summed E-state index contributed by atoms with van der Waals surface area (Å²) in [5.74, 6) is 1.49. The van der Waals surface area contributed by atoms with Crippen LogP contribution in [0.2, 0.25) is 0 Å². The molecule has 2 aromatic rings. The van der Waals surface area contributed by atoms with E-state index in [0.717, 1.165) is 30.1 Å². The molecule has 3 nitrogen and oxygen atoms in total. The summed E-state index contributed by atoms with van der Waals surface area (Å²) in [6.45, 7) is 2.12. The molecular formula is C14H16N2O. The van der Waals surface area contributed by atoms with E-state index in [1.54, 1.807) is 0 Å². The lowest BCUT2D eigenvalue weighted by molar-refractivity contribution is 0.330. The topological polar surface area (TPSA) is 38.1 Å². The number of piperidine rings is 1. The van der Waals surface area contributed by atoms with Crippen molar-refractivity contribution in [3.8, 4) is 11.3 Å². The SMILES string of the molecule is c1ccc(-c2cc(C3CCCNC3)on2)cc1. The highest BCUT2D eigenvalue weighted by atomic mass is 16.5. The number of aromatic nitrogens is 1. The first-order valence-electron chi connectivity index (χ1n) is 6.16. The molecule has 2 heterocycles. The van der Waals surface area contributed by atoms with Crippen LogP contribution in [-0.2, 0) is 0 Å². The fraction of sp³-hybridized carbons (Fsp3) is 0.357. The van der Waals surface area contributed by atoms with Gasteiger partial charge in [0.05, 0.1) is 0 Å². The van der Waals surface area contributed by atoms with Crippen molar-refractivity contribution < 1.29 is 4.52 Å². The molecule has 0 aliphatic carbocycles. The fourth-order valence-electron chi connectivity index (χ4n) is 2.32. The monoisotopic (exact) mass is 228 g/mol. The van der Waals surface area contributed by atoms with Crippen LogP contribution < -0.4 is 5.32 Å². The summed E-state index contributed by atoms with van der Waals surface area (Å²) in [7, 11) is 0. The first-order valence-corrected chi connectivity index (χ1v) is 6.16. The normalized spacial score (nSPS) is 20.4. The van der Waals surface area contributed by atoms with Gasteiger partial charge < -0.3 is 9.84 Å². The van der Waals surface area contributed by atoms with E-state index in [1.165, 1.54) is 12.8 Å². The summed E-state index contributed by atoms with van der Waals surface area (Å²) >= 11 is 0. The second-order valence-electron chi connectivity index (χ2n) is 4.52. The third-order valence-electron chi connectivity index (χ3n) is 3.30. The molecule has 1 aliphatic heterocycles. The van der Waals surface area contributed by atoms with Crippen molar-refractivity contribution in [1.29, 1.82) is 0 Å². The zero-order valence-corrected chi connectivity index (χ0v) is 9.73. The molecule has 1 atom stereocenters. The summed E-state index contributed by atoms with van der Waals surface area (Å²) < 4.78 is 5.47. The van der Waals surface area contributed by atoms with Crippen molar-refractivity contribution in [2.24, 2.45) is 0 Å². The van der Waals surface area contributed by atoms with E-state index >= 15 is 0 Å². The van der Waals surface area contributed by atoms with Crippen LogP contribution in [0.1, 0.15) is 24.5 Å². The van der Waals surface area contributed by atoms with Gasteiger partial charge >= 0.3 is 0 Å². The van der Waals surface area contributed by atoms with Gasteiger partial charge in [-0.15, -0.1) is 0 Å². The van der Waals surface area contributed by atoms with E-state index in [9.17, 15) is 0 Å². The minimum Gasteiger partial charge on any atom is -0.360 e. The Labute approximate surface area is 101 Å². The number of rotatable bonds is 2. The van der Waals surface area contributed by atoms with E-state index in [-0.39, 0.29) is 0 Å². The third kappa shape index (κ3) is 2.24. The molecule has 0 radical (unpaired) electrons. The number of nitrogens with one attached hydrogen (secondary N) is 1. The second-order valence-corrected chi connectivity index (χ2v) is 4.52. The third-order valence-corrected chi connectivity index (χ3v) is 3.30.